The molecule has 112 valence electrons. The van der Waals surface area contributed by atoms with Crippen LogP contribution in [0.3, 0.4) is 0 Å². The number of rotatable bonds is 10. The molecule has 0 radical (unpaired) electrons. The van der Waals surface area contributed by atoms with Crippen LogP contribution in [-0.4, -0.2) is 41.7 Å². The fourth-order valence-corrected chi connectivity index (χ4v) is 1.33. The van der Waals surface area contributed by atoms with E-state index in [1.165, 1.54) is 0 Å². The molecule has 0 unspecified atom stereocenters. The predicted molar refractivity (Wildman–Crippen MR) is 68.1 cm³/mol. The standard InChI is InChI=1S/C13H24O6/c1-3-5-7-18-12(16)10(9-11(14)15)13(17)19-8-6-4-2/h10-11,14-15H,3-9H2,1-2H3. The van der Waals surface area contributed by atoms with Crippen LogP contribution in [0.5, 0.6) is 0 Å². The number of carbonyl (C=O) groups excluding carboxylic acids is 2. The van der Waals surface area contributed by atoms with Gasteiger partial charge in [0.1, 0.15) is 0 Å². The Balaban J connectivity index is 4.34. The fraction of sp³-hybridized carbons (Fsp3) is 0.846. The van der Waals surface area contributed by atoms with Gasteiger partial charge in [-0.1, -0.05) is 26.7 Å². The Morgan fingerprint density at radius 3 is 1.68 bits per heavy atom. The van der Waals surface area contributed by atoms with Crippen LogP contribution in [0.1, 0.15) is 46.0 Å². The van der Waals surface area contributed by atoms with Crippen LogP contribution in [0.4, 0.5) is 0 Å². The van der Waals surface area contributed by atoms with Crippen LogP contribution in [-0.2, 0) is 19.1 Å². The maximum atomic E-state index is 11.7. The fourth-order valence-electron chi connectivity index (χ4n) is 1.33. The Hall–Kier alpha value is -1.14. The van der Waals surface area contributed by atoms with Crippen LogP contribution >= 0.6 is 0 Å². The van der Waals surface area contributed by atoms with E-state index in [1.807, 2.05) is 13.8 Å². The maximum absolute atomic E-state index is 11.7. The highest BCUT2D eigenvalue weighted by Gasteiger charge is 2.31. The molecule has 2 N–H and O–H groups in total. The van der Waals surface area contributed by atoms with Crippen LogP contribution in [0, 0.1) is 5.92 Å². The van der Waals surface area contributed by atoms with Crippen LogP contribution in [0.2, 0.25) is 0 Å². The predicted octanol–water partition coefficient (Wildman–Crippen LogP) is 0.990. The van der Waals surface area contributed by atoms with E-state index in [9.17, 15) is 9.59 Å². The quantitative estimate of drug-likeness (QED) is 0.267. The number of hydrogen-bond donors (Lipinski definition) is 2. The SMILES string of the molecule is CCCCOC(=O)C(CC(O)O)C(=O)OCCCC. The number of ether oxygens (including phenoxy) is 2. The molecule has 0 aromatic carbocycles. The van der Waals surface area contributed by atoms with Crippen molar-refractivity contribution in [3.8, 4) is 0 Å². The molecule has 0 amide bonds. The van der Waals surface area contributed by atoms with Crippen molar-refractivity contribution in [1.82, 2.24) is 0 Å². The summed E-state index contributed by atoms with van der Waals surface area (Å²) < 4.78 is 9.82. The normalized spacial score (nSPS) is 10.8. The number of aliphatic hydroxyl groups excluding tert-OH is 1. The van der Waals surface area contributed by atoms with E-state index in [1.54, 1.807) is 0 Å². The molecule has 0 fully saturated rings. The minimum atomic E-state index is -1.75. The van der Waals surface area contributed by atoms with Gasteiger partial charge in [0.15, 0.2) is 12.2 Å². The molecule has 19 heavy (non-hydrogen) atoms. The Labute approximate surface area is 113 Å². The smallest absolute Gasteiger partial charge is 0.320 e. The number of carbonyl (C=O) groups is 2. The van der Waals surface area contributed by atoms with Gasteiger partial charge in [0.25, 0.3) is 0 Å². The molecule has 0 heterocycles. The average Bonchev–Trinajstić information content (AvgIpc) is 2.36. The van der Waals surface area contributed by atoms with Gasteiger partial charge < -0.3 is 19.7 Å². The third-order valence-electron chi connectivity index (χ3n) is 2.50. The summed E-state index contributed by atoms with van der Waals surface area (Å²) >= 11 is 0. The minimum absolute atomic E-state index is 0.218. The highest BCUT2D eigenvalue weighted by atomic mass is 16.6. The van der Waals surface area contributed by atoms with E-state index in [2.05, 4.69) is 0 Å². The highest BCUT2D eigenvalue weighted by molar-refractivity contribution is 5.94. The van der Waals surface area contributed by atoms with Crippen LogP contribution < -0.4 is 0 Å². The van der Waals surface area contributed by atoms with E-state index in [4.69, 9.17) is 19.7 Å². The number of unbranched alkanes of at least 4 members (excludes halogenated alkanes) is 2. The molecule has 0 aromatic rings. The van der Waals surface area contributed by atoms with Crippen molar-refractivity contribution < 1.29 is 29.3 Å². The lowest BCUT2D eigenvalue weighted by Gasteiger charge is -2.16. The van der Waals surface area contributed by atoms with Gasteiger partial charge in [-0.05, 0) is 12.8 Å². The summed E-state index contributed by atoms with van der Waals surface area (Å²) in [6, 6.07) is 0. The molecule has 0 aliphatic rings. The molecule has 0 spiro atoms. The van der Waals surface area contributed by atoms with Crippen LogP contribution in [0.25, 0.3) is 0 Å². The third kappa shape index (κ3) is 8.56. The molecule has 0 saturated carbocycles. The summed E-state index contributed by atoms with van der Waals surface area (Å²) in [5.74, 6) is -2.79. The lowest BCUT2D eigenvalue weighted by Crippen LogP contribution is -2.31. The first kappa shape index (κ1) is 17.9. The van der Waals surface area contributed by atoms with Crippen molar-refractivity contribution in [1.29, 1.82) is 0 Å². The Morgan fingerprint density at radius 2 is 1.37 bits per heavy atom. The molecule has 0 aliphatic carbocycles. The van der Waals surface area contributed by atoms with E-state index in [0.29, 0.717) is 12.8 Å². The first-order valence-corrected chi connectivity index (χ1v) is 6.72. The molecule has 0 aliphatic heterocycles. The monoisotopic (exact) mass is 276 g/mol. The zero-order valence-corrected chi connectivity index (χ0v) is 11.6. The van der Waals surface area contributed by atoms with Gasteiger partial charge in [-0.25, -0.2) is 0 Å². The second kappa shape index (κ2) is 10.8. The molecule has 0 rings (SSSR count). The van der Waals surface area contributed by atoms with Crippen molar-refractivity contribution in [3.05, 3.63) is 0 Å². The second-order valence-electron chi connectivity index (χ2n) is 4.31. The average molecular weight is 276 g/mol. The summed E-state index contributed by atoms with van der Waals surface area (Å²) in [6.07, 6.45) is 0.970. The first-order chi connectivity index (χ1) is 9.02. The van der Waals surface area contributed by atoms with Gasteiger partial charge in [0, 0.05) is 6.42 Å². The Morgan fingerprint density at radius 1 is 0.947 bits per heavy atom. The molecule has 0 saturated heterocycles. The van der Waals surface area contributed by atoms with Gasteiger partial charge in [-0.2, -0.15) is 0 Å². The second-order valence-corrected chi connectivity index (χ2v) is 4.31. The number of aliphatic hydroxyl groups is 2. The van der Waals surface area contributed by atoms with Gasteiger partial charge in [0.2, 0.25) is 0 Å². The van der Waals surface area contributed by atoms with Crippen molar-refractivity contribution in [2.75, 3.05) is 13.2 Å². The Bertz CT molecular complexity index is 242. The van der Waals surface area contributed by atoms with E-state index >= 15 is 0 Å². The first-order valence-electron chi connectivity index (χ1n) is 6.72. The van der Waals surface area contributed by atoms with Gasteiger partial charge >= 0.3 is 11.9 Å². The van der Waals surface area contributed by atoms with Crippen molar-refractivity contribution in [2.24, 2.45) is 5.92 Å². The lowest BCUT2D eigenvalue weighted by atomic mass is 10.1. The van der Waals surface area contributed by atoms with E-state index in [-0.39, 0.29) is 13.2 Å². The molecule has 0 aromatic heterocycles. The molecule has 6 nitrogen and oxygen atoms in total. The lowest BCUT2D eigenvalue weighted by molar-refractivity contribution is -0.167. The third-order valence-corrected chi connectivity index (χ3v) is 2.50. The highest BCUT2D eigenvalue weighted by Crippen LogP contribution is 2.12. The largest absolute Gasteiger partial charge is 0.465 e. The summed E-state index contributed by atoms with van der Waals surface area (Å²) in [6.45, 7) is 4.33. The summed E-state index contributed by atoms with van der Waals surface area (Å²) in [5, 5.41) is 17.8. The minimum Gasteiger partial charge on any atom is -0.465 e. The van der Waals surface area contributed by atoms with Crippen LogP contribution in [0.15, 0.2) is 0 Å². The summed E-state index contributed by atoms with van der Waals surface area (Å²) in [5.41, 5.74) is 0. The van der Waals surface area contributed by atoms with E-state index < -0.39 is 30.6 Å². The summed E-state index contributed by atoms with van der Waals surface area (Å²) in [7, 11) is 0. The van der Waals surface area contributed by atoms with Crippen molar-refractivity contribution >= 4 is 11.9 Å². The van der Waals surface area contributed by atoms with Gasteiger partial charge in [0.05, 0.1) is 13.2 Å². The van der Waals surface area contributed by atoms with Gasteiger partial charge in [-0.15, -0.1) is 0 Å². The number of esters is 2. The topological polar surface area (TPSA) is 93.1 Å². The molecule has 6 heteroatoms. The van der Waals surface area contributed by atoms with E-state index in [0.717, 1.165) is 12.8 Å². The van der Waals surface area contributed by atoms with Crippen molar-refractivity contribution in [2.45, 2.75) is 52.2 Å². The Kier molecular flexibility index (Phi) is 10.1. The molecular weight excluding hydrogens is 252 g/mol. The maximum Gasteiger partial charge on any atom is 0.320 e. The summed E-state index contributed by atoms with van der Waals surface area (Å²) in [4.78, 5) is 23.4. The zero-order valence-electron chi connectivity index (χ0n) is 11.6. The van der Waals surface area contributed by atoms with Crippen molar-refractivity contribution in [3.63, 3.8) is 0 Å². The van der Waals surface area contributed by atoms with Gasteiger partial charge in [-0.3, -0.25) is 9.59 Å². The molecule has 0 bridgehead atoms. The zero-order chi connectivity index (χ0) is 14.7. The molecular formula is C13H24O6. The number of hydrogen-bond acceptors (Lipinski definition) is 6. The molecule has 0 atom stereocenters.